The van der Waals surface area contributed by atoms with Crippen LogP contribution in [-0.4, -0.2) is 11.9 Å². The van der Waals surface area contributed by atoms with E-state index in [0.29, 0.717) is 6.04 Å². The third-order valence-electron chi connectivity index (χ3n) is 4.69. The highest BCUT2D eigenvalue weighted by molar-refractivity contribution is 5.96. The standard InChI is InChI=1S/C17H24N2O/c18-17(11-12-17)15-10-6-5-9-14(15)16(20)19-13-7-3-1-2-4-8-13/h5-6,9-10,13H,1-4,7-8,11-12,18H2,(H,19,20). The van der Waals surface area contributed by atoms with Crippen molar-refractivity contribution in [3.05, 3.63) is 35.4 Å². The van der Waals surface area contributed by atoms with Crippen LogP contribution < -0.4 is 11.1 Å². The third kappa shape index (κ3) is 2.88. The Balaban J connectivity index is 1.73. The second kappa shape index (κ2) is 5.57. The van der Waals surface area contributed by atoms with Gasteiger partial charge in [-0.15, -0.1) is 0 Å². The van der Waals surface area contributed by atoms with Gasteiger partial charge in [-0.05, 0) is 37.3 Å². The molecule has 2 saturated carbocycles. The summed E-state index contributed by atoms with van der Waals surface area (Å²) in [5, 5.41) is 3.22. The molecule has 3 heteroatoms. The molecule has 0 bridgehead atoms. The molecule has 2 aliphatic rings. The van der Waals surface area contributed by atoms with Crippen LogP contribution in [0.2, 0.25) is 0 Å². The van der Waals surface area contributed by atoms with Crippen molar-refractivity contribution < 1.29 is 4.79 Å². The van der Waals surface area contributed by atoms with Crippen LogP contribution in [0.5, 0.6) is 0 Å². The average molecular weight is 272 g/mol. The van der Waals surface area contributed by atoms with Crippen molar-refractivity contribution in [2.75, 3.05) is 0 Å². The fourth-order valence-electron chi connectivity index (χ4n) is 3.21. The van der Waals surface area contributed by atoms with Gasteiger partial charge in [-0.2, -0.15) is 0 Å². The van der Waals surface area contributed by atoms with Crippen LogP contribution in [0.25, 0.3) is 0 Å². The van der Waals surface area contributed by atoms with E-state index in [4.69, 9.17) is 5.73 Å². The first kappa shape index (κ1) is 13.6. The maximum atomic E-state index is 12.6. The van der Waals surface area contributed by atoms with Gasteiger partial charge in [0.1, 0.15) is 0 Å². The molecule has 1 amide bonds. The van der Waals surface area contributed by atoms with Crippen LogP contribution in [0, 0.1) is 0 Å². The quantitative estimate of drug-likeness (QED) is 0.831. The van der Waals surface area contributed by atoms with E-state index in [1.807, 2.05) is 24.3 Å². The summed E-state index contributed by atoms with van der Waals surface area (Å²) in [6, 6.07) is 8.16. The van der Waals surface area contributed by atoms with Crippen molar-refractivity contribution in [3.8, 4) is 0 Å². The maximum Gasteiger partial charge on any atom is 0.251 e. The summed E-state index contributed by atoms with van der Waals surface area (Å²) in [5.41, 5.74) is 7.83. The van der Waals surface area contributed by atoms with Gasteiger partial charge >= 0.3 is 0 Å². The summed E-state index contributed by atoms with van der Waals surface area (Å²) in [7, 11) is 0. The van der Waals surface area contributed by atoms with E-state index < -0.39 is 0 Å². The first-order valence-electron chi connectivity index (χ1n) is 7.88. The number of rotatable bonds is 3. The average Bonchev–Trinajstić information content (AvgIpc) is 3.24. The molecule has 3 N–H and O–H groups in total. The summed E-state index contributed by atoms with van der Waals surface area (Å²) in [6.45, 7) is 0. The Morgan fingerprint density at radius 2 is 1.75 bits per heavy atom. The number of carbonyl (C=O) groups is 1. The normalized spacial score (nSPS) is 22.1. The summed E-state index contributed by atoms with van der Waals surface area (Å²) < 4.78 is 0. The Labute approximate surface area is 120 Å². The molecule has 1 aromatic rings. The molecule has 0 saturated heterocycles. The van der Waals surface area contributed by atoms with Gasteiger partial charge in [0.15, 0.2) is 0 Å². The summed E-state index contributed by atoms with van der Waals surface area (Å²) in [4.78, 5) is 12.6. The summed E-state index contributed by atoms with van der Waals surface area (Å²) >= 11 is 0. The molecule has 108 valence electrons. The third-order valence-corrected chi connectivity index (χ3v) is 4.69. The molecule has 0 aromatic heterocycles. The molecule has 0 spiro atoms. The minimum absolute atomic E-state index is 0.0595. The molecule has 1 aromatic carbocycles. The van der Waals surface area contributed by atoms with Gasteiger partial charge in [-0.3, -0.25) is 4.79 Å². The van der Waals surface area contributed by atoms with Crippen molar-refractivity contribution >= 4 is 5.91 Å². The van der Waals surface area contributed by atoms with Gasteiger partial charge in [0.05, 0.1) is 0 Å². The van der Waals surface area contributed by atoms with E-state index in [-0.39, 0.29) is 11.4 Å². The predicted molar refractivity (Wildman–Crippen MR) is 80.5 cm³/mol. The Morgan fingerprint density at radius 1 is 1.10 bits per heavy atom. The number of hydrogen-bond acceptors (Lipinski definition) is 2. The van der Waals surface area contributed by atoms with Crippen LogP contribution in [0.1, 0.15) is 67.3 Å². The molecular formula is C17H24N2O. The van der Waals surface area contributed by atoms with Gasteiger partial charge in [0.25, 0.3) is 5.91 Å². The van der Waals surface area contributed by atoms with Crippen molar-refractivity contribution in [3.63, 3.8) is 0 Å². The Morgan fingerprint density at radius 3 is 2.40 bits per heavy atom. The van der Waals surface area contributed by atoms with E-state index in [2.05, 4.69) is 5.32 Å². The van der Waals surface area contributed by atoms with Gasteiger partial charge in [0, 0.05) is 17.1 Å². The minimum Gasteiger partial charge on any atom is -0.349 e. The second-order valence-corrected chi connectivity index (χ2v) is 6.36. The number of amides is 1. The topological polar surface area (TPSA) is 55.1 Å². The molecule has 3 rings (SSSR count). The highest BCUT2D eigenvalue weighted by Gasteiger charge is 2.42. The van der Waals surface area contributed by atoms with Crippen LogP contribution in [0.3, 0.4) is 0 Å². The molecule has 0 atom stereocenters. The van der Waals surface area contributed by atoms with E-state index in [1.165, 1.54) is 25.7 Å². The number of hydrogen-bond donors (Lipinski definition) is 2. The van der Waals surface area contributed by atoms with E-state index in [9.17, 15) is 4.79 Å². The molecule has 20 heavy (non-hydrogen) atoms. The molecule has 0 heterocycles. The number of nitrogens with one attached hydrogen (secondary N) is 1. The predicted octanol–water partition coefficient (Wildman–Crippen LogP) is 3.09. The van der Waals surface area contributed by atoms with Gasteiger partial charge in [-0.25, -0.2) is 0 Å². The maximum absolute atomic E-state index is 12.6. The van der Waals surface area contributed by atoms with Crippen molar-refractivity contribution in [1.29, 1.82) is 0 Å². The number of nitrogens with two attached hydrogens (primary N) is 1. The van der Waals surface area contributed by atoms with Gasteiger partial charge in [0.2, 0.25) is 0 Å². The monoisotopic (exact) mass is 272 g/mol. The molecule has 2 aliphatic carbocycles. The van der Waals surface area contributed by atoms with E-state index in [0.717, 1.165) is 36.8 Å². The fourth-order valence-corrected chi connectivity index (χ4v) is 3.21. The number of benzene rings is 1. The van der Waals surface area contributed by atoms with Crippen LogP contribution in [-0.2, 0) is 5.54 Å². The van der Waals surface area contributed by atoms with Gasteiger partial charge in [-0.1, -0.05) is 43.9 Å². The summed E-state index contributed by atoms with van der Waals surface area (Å²) in [5.74, 6) is 0.0595. The molecule has 0 aliphatic heterocycles. The molecule has 0 unspecified atom stereocenters. The smallest absolute Gasteiger partial charge is 0.251 e. The largest absolute Gasteiger partial charge is 0.349 e. The number of carbonyl (C=O) groups excluding carboxylic acids is 1. The van der Waals surface area contributed by atoms with Crippen LogP contribution in [0.4, 0.5) is 0 Å². The molecule has 2 fully saturated rings. The lowest BCUT2D eigenvalue weighted by Gasteiger charge is -2.19. The van der Waals surface area contributed by atoms with E-state index >= 15 is 0 Å². The Hall–Kier alpha value is -1.35. The zero-order valence-corrected chi connectivity index (χ0v) is 12.0. The lowest BCUT2D eigenvalue weighted by molar-refractivity contribution is 0.0931. The fraction of sp³-hybridized carbons (Fsp3) is 0.588. The SMILES string of the molecule is NC1(c2ccccc2C(=O)NC2CCCCCC2)CC1. The minimum atomic E-state index is -0.253. The van der Waals surface area contributed by atoms with Crippen molar-refractivity contribution in [2.45, 2.75) is 62.9 Å². The zero-order chi connectivity index (χ0) is 14.0. The van der Waals surface area contributed by atoms with E-state index in [1.54, 1.807) is 0 Å². The summed E-state index contributed by atoms with van der Waals surface area (Å²) in [6.07, 6.45) is 9.26. The Bertz CT molecular complexity index is 486. The van der Waals surface area contributed by atoms with Crippen LogP contribution in [0.15, 0.2) is 24.3 Å². The molecule has 3 nitrogen and oxygen atoms in total. The van der Waals surface area contributed by atoms with Crippen molar-refractivity contribution in [1.82, 2.24) is 5.32 Å². The van der Waals surface area contributed by atoms with Gasteiger partial charge < -0.3 is 11.1 Å². The second-order valence-electron chi connectivity index (χ2n) is 6.36. The highest BCUT2D eigenvalue weighted by atomic mass is 16.1. The zero-order valence-electron chi connectivity index (χ0n) is 12.0. The molecular weight excluding hydrogens is 248 g/mol. The lowest BCUT2D eigenvalue weighted by Crippen LogP contribution is -2.36. The highest BCUT2D eigenvalue weighted by Crippen LogP contribution is 2.44. The molecule has 0 radical (unpaired) electrons. The Kier molecular flexibility index (Phi) is 3.79. The first-order valence-corrected chi connectivity index (χ1v) is 7.88. The lowest BCUT2D eigenvalue weighted by atomic mass is 9.98. The van der Waals surface area contributed by atoms with Crippen LogP contribution >= 0.6 is 0 Å². The van der Waals surface area contributed by atoms with Crippen molar-refractivity contribution in [2.24, 2.45) is 5.73 Å². The first-order chi connectivity index (χ1) is 9.69.